The maximum Gasteiger partial charge on any atom is 0.308 e. The fraction of sp³-hybridized carbons (Fsp3) is 0.154. The highest BCUT2D eigenvalue weighted by Crippen LogP contribution is 2.29. The largest absolute Gasteiger partial charge is 0.481 e. The SMILES string of the molecule is C[C@@H](Oc1cccc([N+](=O)[O-])c1F)c1ccccn1. The standard InChI is InChI=1S/C13H11FN2O3/c1-9(10-5-2-3-8-15-10)19-12-7-4-6-11(13(12)14)16(17)18/h2-9H,1H3/t9-/m1/s1. The van der Waals surface area contributed by atoms with E-state index in [0.29, 0.717) is 5.69 Å². The van der Waals surface area contributed by atoms with Crippen LogP contribution in [0, 0.1) is 15.9 Å². The molecule has 6 heteroatoms. The second-order valence-electron chi connectivity index (χ2n) is 3.86. The third-order valence-electron chi connectivity index (χ3n) is 2.55. The molecule has 0 aliphatic heterocycles. The summed E-state index contributed by atoms with van der Waals surface area (Å²) in [6, 6.07) is 9.09. The molecule has 19 heavy (non-hydrogen) atoms. The van der Waals surface area contributed by atoms with E-state index in [1.54, 1.807) is 31.3 Å². The van der Waals surface area contributed by atoms with Gasteiger partial charge in [0.15, 0.2) is 5.75 Å². The van der Waals surface area contributed by atoms with Crippen LogP contribution in [0.3, 0.4) is 0 Å². The van der Waals surface area contributed by atoms with Crippen LogP contribution in [0.5, 0.6) is 5.75 Å². The van der Waals surface area contributed by atoms with Crippen molar-refractivity contribution in [2.24, 2.45) is 0 Å². The molecule has 0 bridgehead atoms. The van der Waals surface area contributed by atoms with Gasteiger partial charge in [0.25, 0.3) is 0 Å². The van der Waals surface area contributed by atoms with Crippen LogP contribution in [0.4, 0.5) is 10.1 Å². The maximum atomic E-state index is 13.8. The van der Waals surface area contributed by atoms with Crippen molar-refractivity contribution >= 4 is 5.69 Å². The lowest BCUT2D eigenvalue weighted by atomic mass is 10.2. The summed E-state index contributed by atoms with van der Waals surface area (Å²) < 4.78 is 19.2. The zero-order valence-corrected chi connectivity index (χ0v) is 10.1. The Kier molecular flexibility index (Phi) is 3.70. The fourth-order valence-electron chi connectivity index (χ4n) is 1.60. The highest BCUT2D eigenvalue weighted by molar-refractivity contribution is 5.40. The first kappa shape index (κ1) is 12.9. The van der Waals surface area contributed by atoms with Crippen molar-refractivity contribution in [2.75, 3.05) is 0 Å². The van der Waals surface area contributed by atoms with Crippen LogP contribution in [0.15, 0.2) is 42.6 Å². The predicted octanol–water partition coefficient (Wildman–Crippen LogP) is 3.27. The fourth-order valence-corrected chi connectivity index (χ4v) is 1.60. The van der Waals surface area contributed by atoms with Crippen molar-refractivity contribution in [2.45, 2.75) is 13.0 Å². The van der Waals surface area contributed by atoms with Gasteiger partial charge in [-0.15, -0.1) is 0 Å². The van der Waals surface area contributed by atoms with Gasteiger partial charge < -0.3 is 4.74 Å². The summed E-state index contributed by atoms with van der Waals surface area (Å²) in [4.78, 5) is 13.9. The maximum absolute atomic E-state index is 13.8. The van der Waals surface area contributed by atoms with E-state index in [4.69, 9.17) is 4.74 Å². The Bertz CT molecular complexity index is 590. The van der Waals surface area contributed by atoms with Crippen molar-refractivity contribution < 1.29 is 14.1 Å². The Balaban J connectivity index is 2.25. The lowest BCUT2D eigenvalue weighted by molar-refractivity contribution is -0.387. The molecule has 0 spiro atoms. The van der Waals surface area contributed by atoms with Crippen LogP contribution in [-0.4, -0.2) is 9.91 Å². The van der Waals surface area contributed by atoms with Crippen molar-refractivity contribution in [3.8, 4) is 5.75 Å². The van der Waals surface area contributed by atoms with E-state index in [1.807, 2.05) is 0 Å². The van der Waals surface area contributed by atoms with Gasteiger partial charge >= 0.3 is 5.69 Å². The van der Waals surface area contributed by atoms with Gasteiger partial charge in [-0.25, -0.2) is 0 Å². The number of ether oxygens (including phenoxy) is 1. The Morgan fingerprint density at radius 3 is 2.74 bits per heavy atom. The minimum Gasteiger partial charge on any atom is -0.481 e. The summed E-state index contributed by atoms with van der Waals surface area (Å²) >= 11 is 0. The zero-order chi connectivity index (χ0) is 13.8. The third-order valence-corrected chi connectivity index (χ3v) is 2.55. The normalized spacial score (nSPS) is 11.9. The second kappa shape index (κ2) is 5.43. The van der Waals surface area contributed by atoms with Crippen molar-refractivity contribution in [3.63, 3.8) is 0 Å². The number of nitro benzene ring substituents is 1. The van der Waals surface area contributed by atoms with E-state index in [-0.39, 0.29) is 5.75 Å². The van der Waals surface area contributed by atoms with Crippen LogP contribution < -0.4 is 4.74 Å². The van der Waals surface area contributed by atoms with Crippen LogP contribution >= 0.6 is 0 Å². The molecule has 2 rings (SSSR count). The first-order chi connectivity index (χ1) is 9.09. The quantitative estimate of drug-likeness (QED) is 0.626. The van der Waals surface area contributed by atoms with Gasteiger partial charge in [-0.1, -0.05) is 12.1 Å². The Morgan fingerprint density at radius 2 is 2.11 bits per heavy atom. The summed E-state index contributed by atoms with van der Waals surface area (Å²) in [6.45, 7) is 1.70. The molecule has 1 heterocycles. The molecule has 0 aliphatic carbocycles. The van der Waals surface area contributed by atoms with E-state index >= 15 is 0 Å². The molecule has 0 amide bonds. The Labute approximate surface area is 108 Å². The number of halogens is 1. The molecule has 0 fully saturated rings. The van der Waals surface area contributed by atoms with Crippen LogP contribution in [0.2, 0.25) is 0 Å². The molecular weight excluding hydrogens is 251 g/mol. The zero-order valence-electron chi connectivity index (χ0n) is 10.1. The summed E-state index contributed by atoms with van der Waals surface area (Å²) in [6.07, 6.45) is 1.09. The van der Waals surface area contributed by atoms with E-state index < -0.39 is 22.5 Å². The van der Waals surface area contributed by atoms with Gasteiger partial charge in [0.05, 0.1) is 10.6 Å². The number of aromatic nitrogens is 1. The summed E-state index contributed by atoms with van der Waals surface area (Å²) in [5.74, 6) is -1.14. The Morgan fingerprint density at radius 1 is 1.32 bits per heavy atom. The van der Waals surface area contributed by atoms with Gasteiger partial charge in [-0.05, 0) is 25.1 Å². The molecule has 98 valence electrons. The number of benzene rings is 1. The van der Waals surface area contributed by atoms with E-state index in [2.05, 4.69) is 4.98 Å². The van der Waals surface area contributed by atoms with E-state index in [1.165, 1.54) is 12.1 Å². The van der Waals surface area contributed by atoms with Gasteiger partial charge in [-0.3, -0.25) is 15.1 Å². The number of rotatable bonds is 4. The van der Waals surface area contributed by atoms with Crippen LogP contribution in [0.25, 0.3) is 0 Å². The lowest BCUT2D eigenvalue weighted by Gasteiger charge is -2.14. The average Bonchev–Trinajstić information content (AvgIpc) is 2.41. The number of pyridine rings is 1. The third kappa shape index (κ3) is 2.85. The van der Waals surface area contributed by atoms with Crippen LogP contribution in [-0.2, 0) is 0 Å². The highest BCUT2D eigenvalue weighted by Gasteiger charge is 2.20. The summed E-state index contributed by atoms with van der Waals surface area (Å²) in [5, 5.41) is 10.6. The minimum absolute atomic E-state index is 0.160. The number of hydrogen-bond acceptors (Lipinski definition) is 4. The molecule has 2 aromatic rings. The lowest BCUT2D eigenvalue weighted by Crippen LogP contribution is -2.06. The van der Waals surface area contributed by atoms with Gasteiger partial charge in [0, 0.05) is 12.3 Å². The van der Waals surface area contributed by atoms with Gasteiger partial charge in [0.1, 0.15) is 6.10 Å². The topological polar surface area (TPSA) is 65.3 Å². The van der Waals surface area contributed by atoms with Crippen molar-refractivity contribution in [1.82, 2.24) is 4.98 Å². The van der Waals surface area contributed by atoms with Crippen LogP contribution in [0.1, 0.15) is 18.7 Å². The molecule has 0 saturated heterocycles. The molecule has 0 N–H and O–H groups in total. The summed E-state index contributed by atoms with van der Waals surface area (Å²) in [7, 11) is 0. The monoisotopic (exact) mass is 262 g/mol. The Hall–Kier alpha value is -2.50. The molecule has 0 saturated carbocycles. The van der Waals surface area contributed by atoms with E-state index in [9.17, 15) is 14.5 Å². The number of nitro groups is 1. The number of hydrogen-bond donors (Lipinski definition) is 0. The molecule has 0 aliphatic rings. The molecule has 0 unspecified atom stereocenters. The molecule has 5 nitrogen and oxygen atoms in total. The van der Waals surface area contributed by atoms with Crippen molar-refractivity contribution in [1.29, 1.82) is 0 Å². The second-order valence-corrected chi connectivity index (χ2v) is 3.86. The average molecular weight is 262 g/mol. The smallest absolute Gasteiger partial charge is 0.308 e. The molecule has 1 aromatic heterocycles. The molecule has 0 radical (unpaired) electrons. The first-order valence-corrected chi connectivity index (χ1v) is 5.60. The van der Waals surface area contributed by atoms with Gasteiger partial charge in [-0.2, -0.15) is 4.39 Å². The highest BCUT2D eigenvalue weighted by atomic mass is 19.1. The molecule has 1 atom stereocenters. The molecule has 1 aromatic carbocycles. The van der Waals surface area contributed by atoms with Gasteiger partial charge in [0.2, 0.25) is 5.82 Å². The molecular formula is C13H11FN2O3. The first-order valence-electron chi connectivity index (χ1n) is 5.60. The predicted molar refractivity (Wildman–Crippen MR) is 66.3 cm³/mol. The van der Waals surface area contributed by atoms with Crippen molar-refractivity contribution in [3.05, 3.63) is 64.2 Å². The van der Waals surface area contributed by atoms with E-state index in [0.717, 1.165) is 6.07 Å². The number of nitrogens with zero attached hydrogens (tertiary/aromatic N) is 2. The summed E-state index contributed by atoms with van der Waals surface area (Å²) in [5.41, 5.74) is 0.0131. The minimum atomic E-state index is -0.977.